The lowest BCUT2D eigenvalue weighted by molar-refractivity contribution is 0.108. The molecule has 1 aromatic carbocycles. The number of hydrogen-bond acceptors (Lipinski definition) is 5. The predicted octanol–water partition coefficient (Wildman–Crippen LogP) is 4.47. The van der Waals surface area contributed by atoms with Crippen LogP contribution in [-0.4, -0.2) is 42.0 Å². The molecule has 0 aliphatic carbocycles. The summed E-state index contributed by atoms with van der Waals surface area (Å²) < 4.78 is 5.79. The SMILES string of the molecule is CCCCCOc1cc(N)ccc1C(=O)SCCN(CC)CC.Cl. The molecule has 2 N–H and O–H groups in total. The van der Waals surface area contributed by atoms with Crippen LogP contribution in [0.4, 0.5) is 5.69 Å². The lowest BCUT2D eigenvalue weighted by atomic mass is 10.2. The van der Waals surface area contributed by atoms with E-state index in [1.165, 1.54) is 11.8 Å². The number of nitrogens with two attached hydrogens (primary N) is 1. The Bertz CT molecular complexity index is 482. The smallest absolute Gasteiger partial charge is 0.223 e. The van der Waals surface area contributed by atoms with Crippen molar-refractivity contribution in [3.8, 4) is 5.75 Å². The van der Waals surface area contributed by atoms with Crippen molar-refractivity contribution < 1.29 is 9.53 Å². The Morgan fingerprint density at radius 3 is 2.54 bits per heavy atom. The number of carbonyl (C=O) groups is 1. The standard InChI is InChI=1S/C18H30N2O2S.ClH/c1-4-7-8-12-22-17-14-15(19)9-10-16(17)18(21)23-13-11-20(5-2)6-3;/h9-10,14H,4-8,11-13,19H2,1-3H3;1H. The third-order valence-electron chi connectivity index (χ3n) is 3.77. The fourth-order valence-electron chi connectivity index (χ4n) is 2.25. The van der Waals surface area contributed by atoms with E-state index in [2.05, 4.69) is 25.7 Å². The number of nitrogens with zero attached hydrogens (tertiary/aromatic N) is 1. The monoisotopic (exact) mass is 374 g/mol. The number of unbranched alkanes of at least 4 members (excludes halogenated alkanes) is 2. The summed E-state index contributed by atoms with van der Waals surface area (Å²) in [7, 11) is 0. The second kappa shape index (κ2) is 13.4. The Morgan fingerprint density at radius 2 is 1.92 bits per heavy atom. The van der Waals surface area contributed by atoms with Crippen molar-refractivity contribution in [2.75, 3.05) is 37.7 Å². The molecule has 0 unspecified atom stereocenters. The molecular weight excluding hydrogens is 344 g/mol. The number of anilines is 1. The normalized spacial score (nSPS) is 10.5. The van der Waals surface area contributed by atoms with Gasteiger partial charge < -0.3 is 15.4 Å². The van der Waals surface area contributed by atoms with E-state index in [9.17, 15) is 4.79 Å². The van der Waals surface area contributed by atoms with Gasteiger partial charge in [-0.2, -0.15) is 0 Å². The van der Waals surface area contributed by atoms with Gasteiger partial charge in [0.15, 0.2) is 0 Å². The van der Waals surface area contributed by atoms with Gasteiger partial charge in [-0.05, 0) is 31.6 Å². The third kappa shape index (κ3) is 8.27. The minimum atomic E-state index is 0. The summed E-state index contributed by atoms with van der Waals surface area (Å²) in [4.78, 5) is 14.8. The third-order valence-corrected chi connectivity index (χ3v) is 4.63. The fraction of sp³-hybridized carbons (Fsp3) is 0.611. The lowest BCUT2D eigenvalue weighted by Gasteiger charge is -2.17. The summed E-state index contributed by atoms with van der Waals surface area (Å²) in [5.41, 5.74) is 7.08. The van der Waals surface area contributed by atoms with Crippen molar-refractivity contribution in [1.29, 1.82) is 0 Å². The quantitative estimate of drug-likeness (QED) is 0.457. The van der Waals surface area contributed by atoms with Crippen LogP contribution < -0.4 is 10.5 Å². The predicted molar refractivity (Wildman–Crippen MR) is 108 cm³/mol. The molecule has 0 heterocycles. The van der Waals surface area contributed by atoms with Gasteiger partial charge in [-0.1, -0.05) is 45.4 Å². The van der Waals surface area contributed by atoms with Crippen molar-refractivity contribution in [3.05, 3.63) is 23.8 Å². The number of benzene rings is 1. The summed E-state index contributed by atoms with van der Waals surface area (Å²) in [5.74, 6) is 1.40. The van der Waals surface area contributed by atoms with E-state index in [0.717, 1.165) is 44.6 Å². The molecule has 0 aliphatic heterocycles. The zero-order valence-electron chi connectivity index (χ0n) is 15.0. The zero-order valence-corrected chi connectivity index (χ0v) is 16.7. The van der Waals surface area contributed by atoms with E-state index in [1.807, 2.05) is 0 Å². The zero-order chi connectivity index (χ0) is 17.1. The van der Waals surface area contributed by atoms with Crippen LogP contribution in [0.2, 0.25) is 0 Å². The molecule has 0 aliphatic rings. The summed E-state index contributed by atoms with van der Waals surface area (Å²) in [6.45, 7) is 10.0. The highest BCUT2D eigenvalue weighted by molar-refractivity contribution is 8.14. The topological polar surface area (TPSA) is 55.6 Å². The van der Waals surface area contributed by atoms with Crippen LogP contribution >= 0.6 is 24.2 Å². The first kappa shape index (κ1) is 23.1. The van der Waals surface area contributed by atoms with Crippen LogP contribution in [0.1, 0.15) is 50.4 Å². The second-order valence-electron chi connectivity index (χ2n) is 5.47. The number of thioether (sulfide) groups is 1. The van der Waals surface area contributed by atoms with Crippen molar-refractivity contribution in [1.82, 2.24) is 4.90 Å². The molecular formula is C18H31ClN2O2S. The van der Waals surface area contributed by atoms with Crippen LogP contribution in [0.15, 0.2) is 18.2 Å². The first-order valence-corrected chi connectivity index (χ1v) is 9.52. The van der Waals surface area contributed by atoms with Crippen molar-refractivity contribution in [3.63, 3.8) is 0 Å². The molecule has 138 valence electrons. The molecule has 0 saturated carbocycles. The van der Waals surface area contributed by atoms with Crippen LogP contribution in [0.25, 0.3) is 0 Å². The molecule has 0 atom stereocenters. The Hall–Kier alpha value is -0.910. The molecule has 0 fully saturated rings. The number of nitrogen functional groups attached to an aromatic ring is 1. The number of rotatable bonds is 11. The van der Waals surface area contributed by atoms with Gasteiger partial charge >= 0.3 is 0 Å². The van der Waals surface area contributed by atoms with Gasteiger partial charge in [-0.25, -0.2) is 0 Å². The molecule has 4 nitrogen and oxygen atoms in total. The molecule has 0 amide bonds. The first-order chi connectivity index (χ1) is 11.1. The van der Waals surface area contributed by atoms with Crippen molar-refractivity contribution >= 4 is 35.0 Å². The van der Waals surface area contributed by atoms with Gasteiger partial charge in [0.05, 0.1) is 12.2 Å². The van der Waals surface area contributed by atoms with E-state index in [-0.39, 0.29) is 17.5 Å². The summed E-state index contributed by atoms with van der Waals surface area (Å²) in [5, 5.41) is 0.0580. The molecule has 1 rings (SSSR count). The molecule has 6 heteroatoms. The number of carbonyl (C=O) groups excluding carboxylic acids is 1. The van der Waals surface area contributed by atoms with Gasteiger partial charge in [0, 0.05) is 24.1 Å². The maximum absolute atomic E-state index is 12.4. The second-order valence-corrected chi connectivity index (χ2v) is 6.54. The van der Waals surface area contributed by atoms with Crippen LogP contribution in [0.3, 0.4) is 0 Å². The van der Waals surface area contributed by atoms with Crippen molar-refractivity contribution in [2.24, 2.45) is 0 Å². The molecule has 24 heavy (non-hydrogen) atoms. The van der Waals surface area contributed by atoms with E-state index < -0.39 is 0 Å². The van der Waals surface area contributed by atoms with Gasteiger partial charge in [0.25, 0.3) is 0 Å². The maximum atomic E-state index is 12.4. The van der Waals surface area contributed by atoms with Crippen molar-refractivity contribution in [2.45, 2.75) is 40.0 Å². The average Bonchev–Trinajstić information content (AvgIpc) is 2.55. The van der Waals surface area contributed by atoms with Crippen LogP contribution in [0, 0.1) is 0 Å². The van der Waals surface area contributed by atoms with E-state index in [1.54, 1.807) is 18.2 Å². The highest BCUT2D eigenvalue weighted by Crippen LogP contribution is 2.26. The van der Waals surface area contributed by atoms with Gasteiger partial charge in [0.2, 0.25) is 5.12 Å². The van der Waals surface area contributed by atoms with E-state index in [0.29, 0.717) is 23.6 Å². The number of halogens is 1. The van der Waals surface area contributed by atoms with Gasteiger partial charge in [-0.15, -0.1) is 12.4 Å². The maximum Gasteiger partial charge on any atom is 0.223 e. The largest absolute Gasteiger partial charge is 0.493 e. The molecule has 0 spiro atoms. The van der Waals surface area contributed by atoms with Crippen LogP contribution in [-0.2, 0) is 0 Å². The Labute approximate surface area is 156 Å². The average molecular weight is 375 g/mol. The summed E-state index contributed by atoms with van der Waals surface area (Å²) in [6, 6.07) is 5.29. The Morgan fingerprint density at radius 1 is 1.21 bits per heavy atom. The number of hydrogen-bond donors (Lipinski definition) is 1. The fourth-order valence-corrected chi connectivity index (χ4v) is 3.11. The highest BCUT2D eigenvalue weighted by Gasteiger charge is 2.14. The minimum Gasteiger partial charge on any atom is -0.493 e. The molecule has 1 aromatic rings. The molecule has 0 bridgehead atoms. The molecule has 0 radical (unpaired) electrons. The Balaban J connectivity index is 0.00000529. The summed E-state index contributed by atoms with van der Waals surface area (Å²) >= 11 is 1.35. The van der Waals surface area contributed by atoms with Gasteiger partial charge in [0.1, 0.15) is 5.75 Å². The summed E-state index contributed by atoms with van der Waals surface area (Å²) in [6.07, 6.45) is 3.27. The molecule has 0 saturated heterocycles. The van der Waals surface area contributed by atoms with Crippen LogP contribution in [0.5, 0.6) is 5.75 Å². The Kier molecular flexibility index (Phi) is 12.9. The van der Waals surface area contributed by atoms with Gasteiger partial charge in [-0.3, -0.25) is 4.79 Å². The minimum absolute atomic E-state index is 0. The lowest BCUT2D eigenvalue weighted by Crippen LogP contribution is -2.25. The van der Waals surface area contributed by atoms with E-state index >= 15 is 0 Å². The molecule has 0 aromatic heterocycles. The first-order valence-electron chi connectivity index (χ1n) is 8.54. The highest BCUT2D eigenvalue weighted by atomic mass is 35.5. The van der Waals surface area contributed by atoms with E-state index in [4.69, 9.17) is 10.5 Å². The number of ether oxygens (including phenoxy) is 1.